The molecule has 0 spiro atoms. The Morgan fingerprint density at radius 3 is 2.67 bits per heavy atom. The molecule has 0 aliphatic heterocycles. The van der Waals surface area contributed by atoms with Gasteiger partial charge in [-0.2, -0.15) is 0 Å². The summed E-state index contributed by atoms with van der Waals surface area (Å²) < 4.78 is 2.35. The quantitative estimate of drug-likeness (QED) is 0.474. The average Bonchev–Trinajstić information content (AvgIpc) is 2.18. The minimum absolute atomic E-state index is 0.217. The summed E-state index contributed by atoms with van der Waals surface area (Å²) in [5.41, 5.74) is 4.12. The van der Waals surface area contributed by atoms with Crippen LogP contribution in [-0.4, -0.2) is 0 Å². The minimum Gasteiger partial charge on any atom is -0.271 e. The monoisotopic (exact) mass is 382 g/mol. The van der Waals surface area contributed by atoms with Gasteiger partial charge in [-0.3, -0.25) is 11.3 Å². The number of hydrogen-bond donors (Lipinski definition) is 2. The molecule has 84 valence electrons. The molecular formula is C11H16BrIN2. The van der Waals surface area contributed by atoms with Gasteiger partial charge in [0.25, 0.3) is 0 Å². The van der Waals surface area contributed by atoms with Crippen molar-refractivity contribution in [3.63, 3.8) is 0 Å². The molecule has 1 unspecified atom stereocenters. The van der Waals surface area contributed by atoms with Gasteiger partial charge in [-0.05, 0) is 58.7 Å². The fraction of sp³-hybridized carbons (Fsp3) is 0.455. The number of benzene rings is 1. The van der Waals surface area contributed by atoms with Crippen molar-refractivity contribution in [1.82, 2.24) is 5.43 Å². The second-order valence-electron chi connectivity index (χ2n) is 4.01. The fourth-order valence-electron chi connectivity index (χ4n) is 1.54. The maximum Gasteiger partial charge on any atom is 0.0474 e. The lowest BCUT2D eigenvalue weighted by molar-refractivity contribution is 0.437. The molecule has 0 heterocycles. The summed E-state index contributed by atoms with van der Waals surface area (Å²) in [6, 6.07) is 6.53. The molecule has 0 fully saturated rings. The maximum absolute atomic E-state index is 5.60. The van der Waals surface area contributed by atoms with Gasteiger partial charge in [0.15, 0.2) is 0 Å². The lowest BCUT2D eigenvalue weighted by Crippen LogP contribution is -2.29. The van der Waals surface area contributed by atoms with E-state index in [1.165, 1.54) is 9.13 Å². The third-order valence-electron chi connectivity index (χ3n) is 2.24. The Bertz CT molecular complexity index is 328. The Kier molecular flexibility index (Phi) is 5.52. The Morgan fingerprint density at radius 1 is 1.47 bits per heavy atom. The summed E-state index contributed by atoms with van der Waals surface area (Å²) in [5.74, 6) is 6.22. The predicted molar refractivity (Wildman–Crippen MR) is 76.4 cm³/mol. The number of hydrazine groups is 1. The molecule has 0 aliphatic carbocycles. The average molecular weight is 383 g/mol. The number of halogens is 2. The lowest BCUT2D eigenvalue weighted by Gasteiger charge is -2.20. The van der Waals surface area contributed by atoms with Crippen molar-refractivity contribution in [3.05, 3.63) is 31.8 Å². The predicted octanol–water partition coefficient (Wildman–Crippen LogP) is 3.60. The van der Waals surface area contributed by atoms with E-state index in [-0.39, 0.29) is 6.04 Å². The van der Waals surface area contributed by atoms with E-state index in [0.717, 1.165) is 10.9 Å². The van der Waals surface area contributed by atoms with Crippen molar-refractivity contribution in [3.8, 4) is 0 Å². The molecule has 0 aliphatic rings. The molecule has 0 saturated heterocycles. The van der Waals surface area contributed by atoms with Crippen molar-refractivity contribution in [2.45, 2.75) is 26.3 Å². The normalized spacial score (nSPS) is 13.2. The second-order valence-corrected chi connectivity index (χ2v) is 6.11. The number of hydrogen-bond acceptors (Lipinski definition) is 2. The van der Waals surface area contributed by atoms with Crippen LogP contribution in [0.1, 0.15) is 31.9 Å². The van der Waals surface area contributed by atoms with Crippen LogP contribution in [0.25, 0.3) is 0 Å². The van der Waals surface area contributed by atoms with Crippen LogP contribution in [0.15, 0.2) is 22.7 Å². The van der Waals surface area contributed by atoms with Crippen molar-refractivity contribution in [1.29, 1.82) is 0 Å². The van der Waals surface area contributed by atoms with Gasteiger partial charge in [0.1, 0.15) is 0 Å². The molecule has 15 heavy (non-hydrogen) atoms. The first-order valence-corrected chi connectivity index (χ1v) is 6.82. The second kappa shape index (κ2) is 6.18. The highest BCUT2D eigenvalue weighted by Gasteiger charge is 2.14. The third kappa shape index (κ3) is 4.01. The van der Waals surface area contributed by atoms with Crippen LogP contribution in [-0.2, 0) is 0 Å². The van der Waals surface area contributed by atoms with Crippen LogP contribution in [0.5, 0.6) is 0 Å². The van der Waals surface area contributed by atoms with Crippen molar-refractivity contribution in [2.24, 2.45) is 11.8 Å². The van der Waals surface area contributed by atoms with Gasteiger partial charge in [0.05, 0.1) is 0 Å². The molecule has 0 radical (unpaired) electrons. The number of nitrogens with two attached hydrogens (primary N) is 1. The SMILES string of the molecule is CC(C)CC(NN)c1cc(I)ccc1Br. The van der Waals surface area contributed by atoms with E-state index in [9.17, 15) is 0 Å². The van der Waals surface area contributed by atoms with Gasteiger partial charge in [-0.1, -0.05) is 29.8 Å². The summed E-state index contributed by atoms with van der Waals surface area (Å²) in [7, 11) is 0. The smallest absolute Gasteiger partial charge is 0.0474 e. The summed E-state index contributed by atoms with van der Waals surface area (Å²) in [6.45, 7) is 4.40. The first kappa shape index (κ1) is 13.4. The van der Waals surface area contributed by atoms with E-state index in [2.05, 4.69) is 76.0 Å². The van der Waals surface area contributed by atoms with Crippen LogP contribution in [0, 0.1) is 9.49 Å². The standard InChI is InChI=1S/C11H16BrIN2/c1-7(2)5-11(15-14)9-6-8(13)3-4-10(9)12/h3-4,6-7,11,15H,5,14H2,1-2H3. The summed E-state index contributed by atoms with van der Waals surface area (Å²) >= 11 is 5.88. The highest BCUT2D eigenvalue weighted by atomic mass is 127. The van der Waals surface area contributed by atoms with Gasteiger partial charge < -0.3 is 0 Å². The van der Waals surface area contributed by atoms with Crippen molar-refractivity contribution < 1.29 is 0 Å². The Balaban J connectivity index is 2.95. The van der Waals surface area contributed by atoms with Crippen LogP contribution >= 0.6 is 38.5 Å². The molecule has 1 aromatic rings. The van der Waals surface area contributed by atoms with Gasteiger partial charge >= 0.3 is 0 Å². The van der Waals surface area contributed by atoms with Crippen LogP contribution in [0.4, 0.5) is 0 Å². The molecule has 1 rings (SSSR count). The van der Waals surface area contributed by atoms with E-state index in [0.29, 0.717) is 5.92 Å². The van der Waals surface area contributed by atoms with Gasteiger partial charge in [0, 0.05) is 14.1 Å². The van der Waals surface area contributed by atoms with E-state index in [1.807, 2.05) is 0 Å². The topological polar surface area (TPSA) is 38.0 Å². The lowest BCUT2D eigenvalue weighted by atomic mass is 9.98. The molecule has 4 heteroatoms. The first-order valence-electron chi connectivity index (χ1n) is 4.95. The minimum atomic E-state index is 0.217. The highest BCUT2D eigenvalue weighted by Crippen LogP contribution is 2.28. The van der Waals surface area contributed by atoms with Crippen molar-refractivity contribution in [2.75, 3.05) is 0 Å². The zero-order valence-electron chi connectivity index (χ0n) is 8.93. The van der Waals surface area contributed by atoms with Gasteiger partial charge in [-0.15, -0.1) is 0 Å². The Hall–Kier alpha value is 0.350. The van der Waals surface area contributed by atoms with E-state index in [1.54, 1.807) is 0 Å². The molecule has 2 nitrogen and oxygen atoms in total. The maximum atomic E-state index is 5.60. The molecule has 1 atom stereocenters. The number of nitrogens with one attached hydrogen (secondary N) is 1. The van der Waals surface area contributed by atoms with E-state index in [4.69, 9.17) is 5.84 Å². The van der Waals surface area contributed by atoms with Gasteiger partial charge in [0.2, 0.25) is 0 Å². The highest BCUT2D eigenvalue weighted by molar-refractivity contribution is 14.1. The zero-order valence-corrected chi connectivity index (χ0v) is 12.7. The fourth-order valence-corrected chi connectivity index (χ4v) is 2.58. The van der Waals surface area contributed by atoms with Crippen molar-refractivity contribution >= 4 is 38.5 Å². The van der Waals surface area contributed by atoms with Crippen LogP contribution < -0.4 is 11.3 Å². The summed E-state index contributed by atoms with van der Waals surface area (Å²) in [4.78, 5) is 0. The molecule has 0 saturated carbocycles. The molecular weight excluding hydrogens is 367 g/mol. The van der Waals surface area contributed by atoms with E-state index < -0.39 is 0 Å². The molecule has 0 aromatic heterocycles. The third-order valence-corrected chi connectivity index (χ3v) is 3.63. The first-order chi connectivity index (χ1) is 7.04. The molecule has 0 bridgehead atoms. The Labute approximate surface area is 113 Å². The van der Waals surface area contributed by atoms with Crippen LogP contribution in [0.3, 0.4) is 0 Å². The zero-order chi connectivity index (χ0) is 11.4. The molecule has 3 N–H and O–H groups in total. The molecule has 1 aromatic carbocycles. The summed E-state index contributed by atoms with van der Waals surface area (Å²) in [5, 5.41) is 0. The Morgan fingerprint density at radius 2 is 2.13 bits per heavy atom. The van der Waals surface area contributed by atoms with Gasteiger partial charge in [-0.25, -0.2) is 0 Å². The summed E-state index contributed by atoms with van der Waals surface area (Å²) in [6.07, 6.45) is 1.04. The largest absolute Gasteiger partial charge is 0.271 e. The number of rotatable bonds is 4. The van der Waals surface area contributed by atoms with E-state index >= 15 is 0 Å². The molecule has 0 amide bonds. The van der Waals surface area contributed by atoms with Crippen LogP contribution in [0.2, 0.25) is 0 Å².